The lowest BCUT2D eigenvalue weighted by Gasteiger charge is -2.37. The predicted molar refractivity (Wildman–Crippen MR) is 91.1 cm³/mol. The molecular formula is C17H27N4O2+. The van der Waals surface area contributed by atoms with Crippen molar-refractivity contribution < 1.29 is 9.28 Å². The molecule has 2 aliphatic rings. The van der Waals surface area contributed by atoms with E-state index >= 15 is 0 Å². The van der Waals surface area contributed by atoms with Crippen LogP contribution >= 0.6 is 0 Å². The van der Waals surface area contributed by atoms with Gasteiger partial charge in [-0.05, 0) is 36.6 Å². The highest BCUT2D eigenvalue weighted by Crippen LogP contribution is 2.17. The Labute approximate surface area is 138 Å². The van der Waals surface area contributed by atoms with Crippen LogP contribution in [0.4, 0.5) is 0 Å². The average molecular weight is 319 g/mol. The number of likely N-dealkylation sites (tertiary alicyclic amines) is 1. The highest BCUT2D eigenvalue weighted by atomic mass is 16.2. The molecule has 0 aromatic heterocycles. The van der Waals surface area contributed by atoms with E-state index in [1.807, 2.05) is 0 Å². The van der Waals surface area contributed by atoms with E-state index in [1.165, 1.54) is 38.6 Å². The maximum absolute atomic E-state index is 12.2. The summed E-state index contributed by atoms with van der Waals surface area (Å²) < 4.78 is 1.13. The van der Waals surface area contributed by atoms with Gasteiger partial charge in [0.2, 0.25) is 0 Å². The van der Waals surface area contributed by atoms with Crippen molar-refractivity contribution in [2.75, 3.05) is 40.3 Å². The normalized spacial score (nSPS) is 21.9. The quantitative estimate of drug-likeness (QED) is 0.463. The van der Waals surface area contributed by atoms with Gasteiger partial charge >= 0.3 is 0 Å². The number of rotatable bonds is 6. The highest BCUT2D eigenvalue weighted by molar-refractivity contribution is 5.96. The molecule has 2 aliphatic heterocycles. The standard InChI is InChI=1S/C17H26N4O2/c1-20-14-15(7-8-16(20)13-19-23)17(22)18-9-6-12-21(2)10-4-3-5-11-21/h7-8,13-14H,3-6,9-12H2,1-2H3/p+1/b16-13+. The molecule has 1 amide bonds. The zero-order chi connectivity index (χ0) is 16.7. The minimum absolute atomic E-state index is 0.0764. The number of quaternary nitrogens is 1. The Kier molecular flexibility index (Phi) is 6.10. The molecule has 0 aromatic rings. The zero-order valence-corrected chi connectivity index (χ0v) is 14.1. The first-order valence-electron chi connectivity index (χ1n) is 8.31. The molecule has 1 N–H and O–H groups in total. The fourth-order valence-corrected chi connectivity index (χ4v) is 3.21. The number of hydrogen-bond donors (Lipinski definition) is 1. The van der Waals surface area contributed by atoms with Gasteiger partial charge in [-0.2, -0.15) is 0 Å². The Morgan fingerprint density at radius 2 is 2.09 bits per heavy atom. The minimum Gasteiger partial charge on any atom is -0.352 e. The fraction of sp³-hybridized carbons (Fsp3) is 0.588. The van der Waals surface area contributed by atoms with Crippen molar-refractivity contribution in [1.82, 2.24) is 10.2 Å². The summed E-state index contributed by atoms with van der Waals surface area (Å²) in [5.74, 6) is -0.0764. The van der Waals surface area contributed by atoms with Crippen LogP contribution < -0.4 is 5.32 Å². The van der Waals surface area contributed by atoms with Gasteiger partial charge < -0.3 is 14.7 Å². The summed E-state index contributed by atoms with van der Waals surface area (Å²) >= 11 is 0. The number of nitrogens with one attached hydrogen (secondary N) is 1. The lowest BCUT2D eigenvalue weighted by atomic mass is 10.1. The molecule has 2 rings (SSSR count). The maximum Gasteiger partial charge on any atom is 0.252 e. The Morgan fingerprint density at radius 1 is 1.35 bits per heavy atom. The molecule has 0 radical (unpaired) electrons. The summed E-state index contributed by atoms with van der Waals surface area (Å²) in [6.07, 6.45) is 11.4. The van der Waals surface area contributed by atoms with Gasteiger partial charge in [0.05, 0.1) is 44.2 Å². The molecule has 0 aliphatic carbocycles. The summed E-state index contributed by atoms with van der Waals surface area (Å²) in [5, 5.41) is 5.73. The minimum atomic E-state index is -0.0764. The average Bonchev–Trinajstić information content (AvgIpc) is 2.54. The third-order valence-electron chi connectivity index (χ3n) is 4.68. The first kappa shape index (κ1) is 17.4. The number of allylic oxidation sites excluding steroid dienone is 1. The van der Waals surface area contributed by atoms with Gasteiger partial charge in [0.1, 0.15) is 0 Å². The molecule has 6 nitrogen and oxygen atoms in total. The van der Waals surface area contributed by atoms with Crippen LogP contribution in [0.2, 0.25) is 0 Å². The van der Waals surface area contributed by atoms with E-state index in [0.717, 1.165) is 17.4 Å². The number of likely N-dealkylation sites (N-methyl/N-ethyl adjacent to an activating group) is 1. The van der Waals surface area contributed by atoms with Crippen molar-refractivity contribution in [1.29, 1.82) is 0 Å². The summed E-state index contributed by atoms with van der Waals surface area (Å²) in [6.45, 7) is 4.33. The smallest absolute Gasteiger partial charge is 0.252 e. The maximum atomic E-state index is 12.2. The molecule has 0 atom stereocenters. The van der Waals surface area contributed by atoms with Gasteiger partial charge in [-0.1, -0.05) is 0 Å². The molecular weight excluding hydrogens is 292 g/mol. The molecule has 6 heteroatoms. The molecule has 1 fully saturated rings. The van der Waals surface area contributed by atoms with Gasteiger partial charge in [-0.3, -0.25) is 4.79 Å². The zero-order valence-electron chi connectivity index (χ0n) is 14.1. The second-order valence-corrected chi connectivity index (χ2v) is 6.65. The number of nitroso groups, excluding NO2 is 1. The van der Waals surface area contributed by atoms with Crippen molar-refractivity contribution in [3.8, 4) is 0 Å². The van der Waals surface area contributed by atoms with Gasteiger partial charge in [0.15, 0.2) is 0 Å². The molecule has 1 saturated heterocycles. The molecule has 23 heavy (non-hydrogen) atoms. The largest absolute Gasteiger partial charge is 0.352 e. The molecule has 0 unspecified atom stereocenters. The Bertz CT molecular complexity index is 531. The van der Waals surface area contributed by atoms with Crippen LogP contribution in [0.3, 0.4) is 0 Å². The monoisotopic (exact) mass is 319 g/mol. The third-order valence-corrected chi connectivity index (χ3v) is 4.68. The molecule has 2 heterocycles. The first-order valence-corrected chi connectivity index (χ1v) is 8.31. The second-order valence-electron chi connectivity index (χ2n) is 6.65. The summed E-state index contributed by atoms with van der Waals surface area (Å²) in [6, 6.07) is 0. The van der Waals surface area contributed by atoms with Gasteiger partial charge in [0, 0.05) is 26.2 Å². The predicted octanol–water partition coefficient (Wildman–Crippen LogP) is 2.12. The lowest BCUT2D eigenvalue weighted by Crippen LogP contribution is -2.49. The molecule has 0 aromatic carbocycles. The van der Waals surface area contributed by atoms with Crippen molar-refractivity contribution in [2.24, 2.45) is 5.18 Å². The molecule has 0 saturated carbocycles. The van der Waals surface area contributed by atoms with E-state index in [0.29, 0.717) is 17.8 Å². The van der Waals surface area contributed by atoms with Crippen molar-refractivity contribution in [3.05, 3.63) is 40.7 Å². The van der Waals surface area contributed by atoms with E-state index < -0.39 is 0 Å². The van der Waals surface area contributed by atoms with Gasteiger partial charge in [-0.25, -0.2) is 0 Å². The molecule has 0 bridgehead atoms. The van der Waals surface area contributed by atoms with Crippen molar-refractivity contribution in [2.45, 2.75) is 25.7 Å². The SMILES string of the molecule is CN1C=C(C(=O)NCCC[N+]2(C)CCCCC2)C=C/C1=C\N=O. The Balaban J connectivity index is 1.75. The van der Waals surface area contributed by atoms with Crippen molar-refractivity contribution in [3.63, 3.8) is 0 Å². The number of nitrogens with zero attached hydrogens (tertiary/aromatic N) is 3. The van der Waals surface area contributed by atoms with Crippen LogP contribution in [0.25, 0.3) is 0 Å². The van der Waals surface area contributed by atoms with Crippen LogP contribution in [0, 0.1) is 4.91 Å². The summed E-state index contributed by atoms with van der Waals surface area (Å²) in [4.78, 5) is 24.2. The topological polar surface area (TPSA) is 61.8 Å². The van der Waals surface area contributed by atoms with Gasteiger partial charge in [0.25, 0.3) is 5.91 Å². The second kappa shape index (κ2) is 8.06. The van der Waals surface area contributed by atoms with Crippen LogP contribution in [-0.4, -0.2) is 55.6 Å². The molecule has 126 valence electrons. The van der Waals surface area contributed by atoms with Crippen LogP contribution in [0.1, 0.15) is 25.7 Å². The summed E-state index contributed by atoms with van der Waals surface area (Å²) in [7, 11) is 4.10. The van der Waals surface area contributed by atoms with Gasteiger partial charge in [-0.15, -0.1) is 4.91 Å². The van der Waals surface area contributed by atoms with E-state index in [-0.39, 0.29) is 5.91 Å². The van der Waals surface area contributed by atoms with Crippen LogP contribution in [-0.2, 0) is 4.79 Å². The van der Waals surface area contributed by atoms with E-state index in [4.69, 9.17) is 0 Å². The van der Waals surface area contributed by atoms with E-state index in [1.54, 1.807) is 30.3 Å². The third kappa shape index (κ3) is 5.03. The highest BCUT2D eigenvalue weighted by Gasteiger charge is 2.23. The van der Waals surface area contributed by atoms with Crippen molar-refractivity contribution >= 4 is 5.91 Å². The van der Waals surface area contributed by atoms with Crippen LogP contribution in [0.15, 0.2) is 41.0 Å². The number of hydrogen-bond acceptors (Lipinski definition) is 4. The van der Waals surface area contributed by atoms with E-state index in [2.05, 4.69) is 17.5 Å². The number of piperidine rings is 1. The Morgan fingerprint density at radius 3 is 2.74 bits per heavy atom. The lowest BCUT2D eigenvalue weighted by molar-refractivity contribution is -0.914. The fourth-order valence-electron chi connectivity index (χ4n) is 3.21. The first-order chi connectivity index (χ1) is 11.0. The summed E-state index contributed by atoms with van der Waals surface area (Å²) in [5.41, 5.74) is 1.26. The number of carbonyl (C=O) groups excluding carboxylic acids is 1. The number of carbonyl (C=O) groups is 1. The van der Waals surface area contributed by atoms with E-state index in [9.17, 15) is 9.70 Å². The van der Waals surface area contributed by atoms with Crippen LogP contribution in [0.5, 0.6) is 0 Å². The Hall–Kier alpha value is -1.95. The molecule has 0 spiro atoms. The number of amides is 1.